The smallest absolute Gasteiger partial charge is 0.123 e. The van der Waals surface area contributed by atoms with Gasteiger partial charge in [0.2, 0.25) is 0 Å². The van der Waals surface area contributed by atoms with E-state index in [0.29, 0.717) is 11.6 Å². The number of ether oxygens (including phenoxy) is 1. The summed E-state index contributed by atoms with van der Waals surface area (Å²) in [6.45, 7) is 7.97. The Morgan fingerprint density at radius 1 is 1.33 bits per heavy atom. The molecule has 21 heavy (non-hydrogen) atoms. The molecule has 1 saturated heterocycles. The molecule has 2 atom stereocenters. The minimum absolute atomic E-state index is 0.298. The lowest BCUT2D eigenvalue weighted by Gasteiger charge is -2.49. The van der Waals surface area contributed by atoms with E-state index in [4.69, 9.17) is 4.74 Å². The van der Waals surface area contributed by atoms with Crippen LogP contribution in [0.15, 0.2) is 24.3 Å². The topological polar surface area (TPSA) is 24.5 Å². The average molecular weight is 288 g/mol. The van der Waals surface area contributed by atoms with Crippen molar-refractivity contribution in [3.05, 3.63) is 29.8 Å². The van der Waals surface area contributed by atoms with E-state index < -0.39 is 0 Å². The monoisotopic (exact) mass is 288 g/mol. The van der Waals surface area contributed by atoms with E-state index in [0.717, 1.165) is 31.3 Å². The first-order valence-electron chi connectivity index (χ1n) is 8.27. The van der Waals surface area contributed by atoms with Crippen molar-refractivity contribution in [3.8, 4) is 5.75 Å². The van der Waals surface area contributed by atoms with Crippen LogP contribution in [0.1, 0.15) is 38.7 Å². The summed E-state index contributed by atoms with van der Waals surface area (Å²) >= 11 is 0. The summed E-state index contributed by atoms with van der Waals surface area (Å²) in [7, 11) is 1.77. The minimum Gasteiger partial charge on any atom is -0.496 e. The Balaban J connectivity index is 1.81. The number of piperazine rings is 1. The van der Waals surface area contributed by atoms with Gasteiger partial charge in [-0.05, 0) is 38.2 Å². The minimum atomic E-state index is 0.298. The van der Waals surface area contributed by atoms with Crippen molar-refractivity contribution in [1.82, 2.24) is 10.2 Å². The Morgan fingerprint density at radius 2 is 2.10 bits per heavy atom. The normalized spacial score (nSPS) is 30.3. The van der Waals surface area contributed by atoms with E-state index in [2.05, 4.69) is 48.3 Å². The van der Waals surface area contributed by atoms with Gasteiger partial charge in [-0.3, -0.25) is 4.90 Å². The number of para-hydroxylation sites is 1. The van der Waals surface area contributed by atoms with Crippen LogP contribution in [-0.4, -0.2) is 36.7 Å². The van der Waals surface area contributed by atoms with Crippen LogP contribution in [0.4, 0.5) is 0 Å². The van der Waals surface area contributed by atoms with Gasteiger partial charge in [0.1, 0.15) is 5.75 Å². The molecule has 1 aromatic rings. The molecular weight excluding hydrogens is 260 g/mol. The molecule has 1 aliphatic heterocycles. The van der Waals surface area contributed by atoms with Crippen molar-refractivity contribution in [2.75, 3.05) is 20.2 Å². The first kappa shape index (κ1) is 14.9. The fourth-order valence-corrected chi connectivity index (χ4v) is 3.67. The van der Waals surface area contributed by atoms with Gasteiger partial charge >= 0.3 is 0 Å². The summed E-state index contributed by atoms with van der Waals surface area (Å²) in [4.78, 5) is 2.70. The maximum Gasteiger partial charge on any atom is 0.123 e. The van der Waals surface area contributed by atoms with Crippen molar-refractivity contribution < 1.29 is 4.74 Å². The number of hydrogen-bond acceptors (Lipinski definition) is 3. The third-order valence-electron chi connectivity index (χ3n) is 5.42. The van der Waals surface area contributed by atoms with E-state index in [1.165, 1.54) is 24.8 Å². The summed E-state index contributed by atoms with van der Waals surface area (Å²) in [6.07, 6.45) is 3.97. The quantitative estimate of drug-likeness (QED) is 0.901. The highest BCUT2D eigenvalue weighted by atomic mass is 16.5. The molecule has 3 nitrogen and oxygen atoms in total. The maximum absolute atomic E-state index is 5.54. The van der Waals surface area contributed by atoms with E-state index in [9.17, 15) is 0 Å². The lowest BCUT2D eigenvalue weighted by atomic mass is 9.88. The summed E-state index contributed by atoms with van der Waals surface area (Å²) in [5.74, 6) is 1.87. The van der Waals surface area contributed by atoms with E-state index >= 15 is 0 Å². The molecule has 116 valence electrons. The lowest BCUT2D eigenvalue weighted by Crippen LogP contribution is -2.63. The molecule has 0 spiro atoms. The molecule has 1 aliphatic carbocycles. The molecule has 1 aromatic carbocycles. The number of nitrogens with zero attached hydrogens (tertiary/aromatic N) is 1. The number of rotatable bonds is 5. The van der Waals surface area contributed by atoms with Crippen molar-refractivity contribution in [1.29, 1.82) is 0 Å². The van der Waals surface area contributed by atoms with Gasteiger partial charge in [0.15, 0.2) is 0 Å². The fourth-order valence-electron chi connectivity index (χ4n) is 3.67. The number of benzene rings is 1. The van der Waals surface area contributed by atoms with Gasteiger partial charge in [0.05, 0.1) is 7.11 Å². The van der Waals surface area contributed by atoms with Gasteiger partial charge in [0.25, 0.3) is 0 Å². The summed E-state index contributed by atoms with van der Waals surface area (Å²) in [5, 5.41) is 3.75. The van der Waals surface area contributed by atoms with Crippen LogP contribution in [0.3, 0.4) is 0 Å². The second kappa shape index (κ2) is 5.98. The molecular formula is C18H28N2O. The molecule has 0 radical (unpaired) electrons. The van der Waals surface area contributed by atoms with Gasteiger partial charge in [-0.1, -0.05) is 25.1 Å². The Kier molecular flexibility index (Phi) is 4.23. The SMILES string of the molecule is CCC1CN(Cc2ccccc2OC)C(C)(C2CC2)CN1. The average Bonchev–Trinajstić information content (AvgIpc) is 3.35. The van der Waals surface area contributed by atoms with Gasteiger partial charge in [-0.2, -0.15) is 0 Å². The van der Waals surface area contributed by atoms with Crippen molar-refractivity contribution >= 4 is 0 Å². The Bertz CT molecular complexity index is 486. The highest BCUT2D eigenvalue weighted by Crippen LogP contribution is 2.44. The molecule has 2 fully saturated rings. The van der Waals surface area contributed by atoms with Crippen LogP contribution >= 0.6 is 0 Å². The van der Waals surface area contributed by atoms with E-state index in [1.54, 1.807) is 7.11 Å². The van der Waals surface area contributed by atoms with Gasteiger partial charge in [-0.25, -0.2) is 0 Å². The predicted octanol–water partition coefficient (Wildman–Crippen LogP) is 3.05. The fraction of sp³-hybridized carbons (Fsp3) is 0.667. The van der Waals surface area contributed by atoms with Gasteiger partial charge in [0, 0.05) is 36.8 Å². The molecule has 3 rings (SSSR count). The zero-order chi connectivity index (χ0) is 14.9. The van der Waals surface area contributed by atoms with Crippen LogP contribution in [0.5, 0.6) is 5.75 Å². The molecule has 0 aromatic heterocycles. The maximum atomic E-state index is 5.54. The van der Waals surface area contributed by atoms with Gasteiger partial charge in [-0.15, -0.1) is 0 Å². The highest BCUT2D eigenvalue weighted by molar-refractivity contribution is 5.33. The first-order chi connectivity index (χ1) is 10.2. The number of methoxy groups -OCH3 is 1. The third-order valence-corrected chi connectivity index (χ3v) is 5.42. The first-order valence-corrected chi connectivity index (χ1v) is 8.27. The molecule has 3 heteroatoms. The third kappa shape index (κ3) is 2.95. The largest absolute Gasteiger partial charge is 0.496 e. The Morgan fingerprint density at radius 3 is 2.76 bits per heavy atom. The zero-order valence-corrected chi connectivity index (χ0v) is 13.6. The molecule has 2 unspecified atom stereocenters. The Labute approximate surface area is 128 Å². The highest BCUT2D eigenvalue weighted by Gasteiger charge is 2.48. The van der Waals surface area contributed by atoms with Crippen molar-refractivity contribution in [3.63, 3.8) is 0 Å². The second-order valence-corrected chi connectivity index (χ2v) is 6.81. The van der Waals surface area contributed by atoms with Crippen molar-refractivity contribution in [2.45, 2.75) is 51.2 Å². The molecule has 2 aliphatic rings. The molecule has 0 bridgehead atoms. The van der Waals surface area contributed by atoms with E-state index in [-0.39, 0.29) is 0 Å². The molecule has 1 heterocycles. The number of nitrogens with one attached hydrogen (secondary N) is 1. The van der Waals surface area contributed by atoms with E-state index in [1.807, 2.05) is 0 Å². The summed E-state index contributed by atoms with van der Waals surface area (Å²) in [5.41, 5.74) is 1.61. The van der Waals surface area contributed by atoms with Crippen LogP contribution in [0.25, 0.3) is 0 Å². The van der Waals surface area contributed by atoms with Crippen molar-refractivity contribution in [2.24, 2.45) is 5.92 Å². The van der Waals surface area contributed by atoms with Crippen LogP contribution < -0.4 is 10.1 Å². The molecule has 0 amide bonds. The predicted molar refractivity (Wildman–Crippen MR) is 86.6 cm³/mol. The number of hydrogen-bond donors (Lipinski definition) is 1. The summed E-state index contributed by atoms with van der Waals surface area (Å²) in [6, 6.07) is 9.06. The molecule has 1 N–H and O–H groups in total. The zero-order valence-electron chi connectivity index (χ0n) is 13.6. The van der Waals surface area contributed by atoms with Crippen LogP contribution in [0.2, 0.25) is 0 Å². The lowest BCUT2D eigenvalue weighted by molar-refractivity contribution is 0.0265. The van der Waals surface area contributed by atoms with Crippen LogP contribution in [-0.2, 0) is 6.54 Å². The standard InChI is InChI=1S/C18H28N2O/c1-4-16-12-20(18(2,13-19-16)15-9-10-15)11-14-7-5-6-8-17(14)21-3/h5-8,15-16,19H,4,9-13H2,1-3H3. The Hall–Kier alpha value is -1.06. The second-order valence-electron chi connectivity index (χ2n) is 6.81. The van der Waals surface area contributed by atoms with Gasteiger partial charge < -0.3 is 10.1 Å². The molecule has 1 saturated carbocycles. The summed E-state index contributed by atoms with van der Waals surface area (Å²) < 4.78 is 5.54. The van der Waals surface area contributed by atoms with Crippen LogP contribution in [0, 0.1) is 5.92 Å².